The number of rotatable bonds is 50. The van der Waals surface area contributed by atoms with Crippen molar-refractivity contribution < 1.29 is 37.3 Å². The highest BCUT2D eigenvalue weighted by Gasteiger charge is 2.27. The van der Waals surface area contributed by atoms with E-state index in [1.807, 2.05) is 33.3 Å². The predicted molar refractivity (Wildman–Crippen MR) is 289 cm³/mol. The third kappa shape index (κ3) is 48.7. The first-order chi connectivity index (χ1) is 32.9. The van der Waals surface area contributed by atoms with Gasteiger partial charge in [0.2, 0.25) is 5.91 Å². The van der Waals surface area contributed by atoms with Gasteiger partial charge in [-0.1, -0.05) is 204 Å². The highest BCUT2D eigenvalue weighted by Crippen LogP contribution is 2.38. The Labute approximate surface area is 420 Å². The molecule has 10 heteroatoms. The van der Waals surface area contributed by atoms with E-state index in [-0.39, 0.29) is 24.9 Å². The molecule has 0 heterocycles. The molecule has 0 bridgehead atoms. The number of esters is 1. The fraction of sp³-hybridized carbons (Fsp3) is 0.793. The van der Waals surface area contributed by atoms with Gasteiger partial charge >= 0.3 is 5.97 Å². The summed E-state index contributed by atoms with van der Waals surface area (Å²) < 4.78 is 30.2. The number of phosphoric acid groups is 1. The highest BCUT2D eigenvalue weighted by atomic mass is 31.2. The molecular weight excluding hydrogens is 868 g/mol. The number of allylic oxidation sites excluding steroid dienone is 9. The minimum absolute atomic E-state index is 0.0286. The topological polar surface area (TPSA) is 114 Å². The molecule has 0 saturated heterocycles. The Morgan fingerprint density at radius 2 is 0.941 bits per heavy atom. The molecule has 0 rings (SSSR count). The van der Waals surface area contributed by atoms with Crippen LogP contribution in [-0.2, 0) is 27.9 Å². The Morgan fingerprint density at radius 1 is 0.529 bits per heavy atom. The Bertz CT molecular complexity index is 1350. The van der Waals surface area contributed by atoms with Gasteiger partial charge < -0.3 is 28.5 Å². The van der Waals surface area contributed by atoms with Crippen molar-refractivity contribution in [2.24, 2.45) is 0 Å². The summed E-state index contributed by atoms with van der Waals surface area (Å²) in [7, 11) is 1.16. The van der Waals surface area contributed by atoms with E-state index in [0.717, 1.165) is 109 Å². The predicted octanol–water partition coefficient (Wildman–Crippen LogP) is 16.1. The van der Waals surface area contributed by atoms with Crippen LogP contribution in [0.3, 0.4) is 0 Å². The average Bonchev–Trinajstić information content (AvgIpc) is 3.29. The van der Waals surface area contributed by atoms with Crippen LogP contribution >= 0.6 is 7.82 Å². The molecule has 0 saturated carbocycles. The van der Waals surface area contributed by atoms with Crippen LogP contribution in [0.15, 0.2) is 60.8 Å². The lowest BCUT2D eigenvalue weighted by molar-refractivity contribution is -0.870. The summed E-state index contributed by atoms with van der Waals surface area (Å²) in [5.74, 6) is -0.574. The molecule has 396 valence electrons. The Hall–Kier alpha value is -2.29. The van der Waals surface area contributed by atoms with Crippen LogP contribution in [0.5, 0.6) is 0 Å². The number of hydrogen-bond acceptors (Lipinski definition) is 7. The molecule has 0 aliphatic rings. The van der Waals surface area contributed by atoms with Crippen molar-refractivity contribution in [1.29, 1.82) is 0 Å². The molecule has 1 N–H and O–H groups in total. The highest BCUT2D eigenvalue weighted by molar-refractivity contribution is 7.45. The molecular formula is C58H107N2O7P. The normalized spacial score (nSPS) is 14.3. The van der Waals surface area contributed by atoms with Crippen LogP contribution in [-0.4, -0.2) is 69.4 Å². The van der Waals surface area contributed by atoms with E-state index in [1.54, 1.807) is 0 Å². The maximum absolute atomic E-state index is 13.5. The first kappa shape index (κ1) is 65.7. The minimum Gasteiger partial charge on any atom is -0.756 e. The number of carbonyl (C=O) groups excluding carboxylic acids is 2. The summed E-state index contributed by atoms with van der Waals surface area (Å²) in [6.07, 6.45) is 58.9. The molecule has 0 radical (unpaired) electrons. The number of unbranched alkanes of at least 4 members (excludes halogenated alkanes) is 26. The number of phosphoric ester groups is 1. The number of amides is 1. The maximum Gasteiger partial charge on any atom is 0.306 e. The monoisotopic (exact) mass is 975 g/mol. The first-order valence-corrected chi connectivity index (χ1v) is 29.6. The van der Waals surface area contributed by atoms with Crippen LogP contribution < -0.4 is 10.2 Å². The summed E-state index contributed by atoms with van der Waals surface area (Å²) >= 11 is 0. The summed E-state index contributed by atoms with van der Waals surface area (Å²) in [5, 5.41) is 3.01. The number of ether oxygens (including phenoxy) is 1. The van der Waals surface area contributed by atoms with Crippen molar-refractivity contribution >= 4 is 19.7 Å². The zero-order valence-electron chi connectivity index (χ0n) is 45.1. The van der Waals surface area contributed by atoms with Crippen molar-refractivity contribution in [3.05, 3.63) is 60.8 Å². The van der Waals surface area contributed by atoms with Crippen molar-refractivity contribution in [3.63, 3.8) is 0 Å². The number of quaternary nitrogens is 1. The zero-order chi connectivity index (χ0) is 50.1. The Morgan fingerprint density at radius 3 is 1.44 bits per heavy atom. The van der Waals surface area contributed by atoms with Gasteiger partial charge in [-0.15, -0.1) is 0 Å². The molecule has 0 aromatic heterocycles. The van der Waals surface area contributed by atoms with Crippen molar-refractivity contribution in [2.45, 2.75) is 258 Å². The fourth-order valence-corrected chi connectivity index (χ4v) is 8.55. The lowest BCUT2D eigenvalue weighted by Crippen LogP contribution is -2.47. The van der Waals surface area contributed by atoms with Gasteiger partial charge in [0.05, 0.1) is 33.8 Å². The molecule has 1 amide bonds. The third-order valence-electron chi connectivity index (χ3n) is 12.2. The summed E-state index contributed by atoms with van der Waals surface area (Å²) in [4.78, 5) is 39.8. The van der Waals surface area contributed by atoms with Gasteiger partial charge in [0.15, 0.2) is 0 Å². The number of hydrogen-bond donors (Lipinski definition) is 1. The van der Waals surface area contributed by atoms with Crippen molar-refractivity contribution in [3.8, 4) is 0 Å². The van der Waals surface area contributed by atoms with Crippen LogP contribution in [0.2, 0.25) is 0 Å². The van der Waals surface area contributed by atoms with Gasteiger partial charge in [-0.05, 0) is 89.5 Å². The molecule has 0 aliphatic heterocycles. The molecule has 0 aliphatic carbocycles. The third-order valence-corrected chi connectivity index (χ3v) is 13.1. The molecule has 0 fully saturated rings. The molecule has 0 spiro atoms. The number of nitrogens with zero attached hydrogens (tertiary/aromatic N) is 1. The van der Waals surface area contributed by atoms with E-state index in [2.05, 4.69) is 74.7 Å². The number of nitrogens with one attached hydrogen (secondary N) is 1. The SMILES string of the molecule is CC/C=C/C/C=C/C/C=C/CCCCCCCCC(=O)NC(COP(=O)([O-])OCC[N+](C)(C)C)C(/C=C/CCCCCCCCCCCCC)OC(=O)CCCCC/C=C\CCCCCCCC. The van der Waals surface area contributed by atoms with Crippen LogP contribution in [0, 0.1) is 0 Å². The average molecular weight is 975 g/mol. The van der Waals surface area contributed by atoms with Gasteiger partial charge in [0.25, 0.3) is 7.82 Å². The van der Waals surface area contributed by atoms with Gasteiger partial charge in [-0.25, -0.2) is 0 Å². The maximum atomic E-state index is 13.5. The van der Waals surface area contributed by atoms with E-state index in [1.165, 1.54) is 96.3 Å². The standard InChI is InChI=1S/C58H107N2O7P/c1-7-10-13-16-19-22-25-28-29-30-33-35-38-41-44-47-50-57(61)59-55(54-66-68(63,64)65-53-52-60(4,5)6)56(49-46-43-40-37-34-31-26-23-20-17-14-11-8-2)67-58(62)51-48-45-42-39-36-32-27-24-21-18-15-12-9-3/h10,13,19,22,28-29,32,36,46,49,55-56H,7-9,11-12,14-18,20-21,23-27,30-31,33-35,37-45,47-48,50-54H2,1-6H3,(H-,59,61,63,64)/b13-10+,22-19+,29-28+,36-32-,49-46+. The largest absolute Gasteiger partial charge is 0.756 e. The van der Waals surface area contributed by atoms with Crippen molar-refractivity contribution in [2.75, 3.05) is 40.9 Å². The van der Waals surface area contributed by atoms with Gasteiger partial charge in [0, 0.05) is 12.8 Å². The smallest absolute Gasteiger partial charge is 0.306 e. The number of carbonyl (C=O) groups is 2. The van der Waals surface area contributed by atoms with Gasteiger partial charge in [0.1, 0.15) is 19.3 Å². The van der Waals surface area contributed by atoms with E-state index >= 15 is 0 Å². The fourth-order valence-electron chi connectivity index (χ4n) is 7.82. The van der Waals surface area contributed by atoms with Crippen LogP contribution in [0.1, 0.15) is 245 Å². The van der Waals surface area contributed by atoms with E-state index in [0.29, 0.717) is 23.9 Å². The molecule has 0 aromatic rings. The quantitative estimate of drug-likeness (QED) is 0.0212. The van der Waals surface area contributed by atoms with Crippen LogP contribution in [0.25, 0.3) is 0 Å². The van der Waals surface area contributed by atoms with E-state index < -0.39 is 26.6 Å². The summed E-state index contributed by atoms with van der Waals surface area (Å²) in [6, 6.07) is -0.900. The second-order valence-corrected chi connectivity index (χ2v) is 21.5. The zero-order valence-corrected chi connectivity index (χ0v) is 45.9. The Kier molecular flexibility index (Phi) is 46.7. The molecule has 0 aromatic carbocycles. The minimum atomic E-state index is -4.70. The van der Waals surface area contributed by atoms with Crippen molar-refractivity contribution in [1.82, 2.24) is 5.32 Å². The van der Waals surface area contributed by atoms with Gasteiger partial charge in [-0.3, -0.25) is 14.2 Å². The Balaban J connectivity index is 5.43. The molecule has 68 heavy (non-hydrogen) atoms. The summed E-state index contributed by atoms with van der Waals surface area (Å²) in [5.41, 5.74) is 0. The molecule has 9 nitrogen and oxygen atoms in total. The summed E-state index contributed by atoms with van der Waals surface area (Å²) in [6.45, 7) is 6.70. The second kappa shape index (κ2) is 48.3. The molecule has 3 atom stereocenters. The lowest BCUT2D eigenvalue weighted by Gasteiger charge is -2.30. The van der Waals surface area contributed by atoms with Crippen LogP contribution in [0.4, 0.5) is 0 Å². The number of likely N-dealkylation sites (N-methyl/N-ethyl adjacent to an activating group) is 1. The lowest BCUT2D eigenvalue weighted by atomic mass is 10.0. The van der Waals surface area contributed by atoms with E-state index in [4.69, 9.17) is 13.8 Å². The second-order valence-electron chi connectivity index (χ2n) is 20.1. The van der Waals surface area contributed by atoms with Gasteiger partial charge in [-0.2, -0.15) is 0 Å². The first-order valence-electron chi connectivity index (χ1n) is 28.1. The molecule has 3 unspecified atom stereocenters. The van der Waals surface area contributed by atoms with E-state index in [9.17, 15) is 19.0 Å².